The highest BCUT2D eigenvalue weighted by atomic mass is 16.6. The van der Waals surface area contributed by atoms with Crippen LogP contribution in [-0.2, 0) is 20.9 Å². The van der Waals surface area contributed by atoms with E-state index in [1.54, 1.807) is 25.7 Å². The molecule has 2 aromatic carbocycles. The third-order valence-corrected chi connectivity index (χ3v) is 7.61. The zero-order valence-electron chi connectivity index (χ0n) is 24.7. The highest BCUT2D eigenvalue weighted by molar-refractivity contribution is 5.93. The molecular weight excluding hydrogens is 490 g/mol. The normalized spacial score (nSPS) is 18.9. The first-order chi connectivity index (χ1) is 18.3. The van der Waals surface area contributed by atoms with Gasteiger partial charge in [0.25, 0.3) is 0 Å². The van der Waals surface area contributed by atoms with Crippen LogP contribution in [-0.4, -0.2) is 40.5 Å². The van der Waals surface area contributed by atoms with Crippen LogP contribution < -0.4 is 10.6 Å². The Labute approximate surface area is 233 Å². The molecule has 7 heteroatoms. The van der Waals surface area contributed by atoms with Crippen molar-refractivity contribution in [2.24, 2.45) is 11.8 Å². The summed E-state index contributed by atoms with van der Waals surface area (Å²) in [6, 6.07) is 13.8. The fourth-order valence-electron chi connectivity index (χ4n) is 4.82. The van der Waals surface area contributed by atoms with E-state index in [4.69, 9.17) is 4.74 Å². The molecule has 0 bridgehead atoms. The predicted octanol–water partition coefficient (Wildman–Crippen LogP) is 5.84. The number of hydrogen-bond donors (Lipinski definition) is 2. The van der Waals surface area contributed by atoms with E-state index in [0.29, 0.717) is 13.0 Å². The van der Waals surface area contributed by atoms with E-state index in [9.17, 15) is 14.4 Å². The quantitative estimate of drug-likeness (QED) is 0.400. The van der Waals surface area contributed by atoms with Crippen molar-refractivity contribution in [1.29, 1.82) is 0 Å². The minimum atomic E-state index is -0.831. The molecule has 3 rings (SSSR count). The van der Waals surface area contributed by atoms with Crippen molar-refractivity contribution in [3.8, 4) is 0 Å². The first kappa shape index (κ1) is 30.2. The van der Waals surface area contributed by atoms with Crippen molar-refractivity contribution in [2.45, 2.75) is 98.5 Å². The molecule has 1 saturated carbocycles. The number of amides is 3. The number of hydrogen-bond acceptors (Lipinski definition) is 4. The zero-order chi connectivity index (χ0) is 28.9. The number of rotatable bonds is 10. The van der Waals surface area contributed by atoms with Crippen LogP contribution in [0, 0.1) is 25.7 Å². The van der Waals surface area contributed by atoms with Gasteiger partial charge in [0.2, 0.25) is 11.8 Å². The van der Waals surface area contributed by atoms with Gasteiger partial charge >= 0.3 is 6.09 Å². The van der Waals surface area contributed by atoms with Gasteiger partial charge in [-0.1, -0.05) is 75.7 Å². The third kappa shape index (κ3) is 7.84. The molecule has 2 aromatic rings. The Kier molecular flexibility index (Phi) is 9.81. The highest BCUT2D eigenvalue weighted by Gasteiger charge is 2.49. The van der Waals surface area contributed by atoms with Crippen LogP contribution >= 0.6 is 0 Å². The second-order valence-electron chi connectivity index (χ2n) is 11.9. The summed E-state index contributed by atoms with van der Waals surface area (Å²) in [6.45, 7) is 15.7. The third-order valence-electron chi connectivity index (χ3n) is 7.61. The molecule has 5 unspecified atom stereocenters. The van der Waals surface area contributed by atoms with Crippen LogP contribution in [0.5, 0.6) is 0 Å². The second-order valence-corrected chi connectivity index (χ2v) is 11.9. The van der Waals surface area contributed by atoms with E-state index in [0.717, 1.165) is 28.7 Å². The second kappa shape index (κ2) is 12.7. The topological polar surface area (TPSA) is 87.7 Å². The molecule has 1 aliphatic rings. The number of ether oxygens (including phenoxy) is 1. The van der Waals surface area contributed by atoms with Gasteiger partial charge in [-0.15, -0.1) is 0 Å². The Morgan fingerprint density at radius 2 is 1.69 bits per heavy atom. The van der Waals surface area contributed by atoms with Gasteiger partial charge in [0, 0.05) is 12.6 Å². The van der Waals surface area contributed by atoms with Crippen molar-refractivity contribution in [3.05, 3.63) is 70.8 Å². The number of aryl methyl sites for hydroxylation is 1. The molecule has 0 radical (unpaired) electrons. The average molecular weight is 536 g/mol. The molecule has 3 amide bonds. The summed E-state index contributed by atoms with van der Waals surface area (Å²) in [7, 11) is 0. The number of alkyl carbamates (subject to hydrolysis) is 1. The average Bonchev–Trinajstić information content (AvgIpc) is 3.60. The Morgan fingerprint density at radius 1 is 1.05 bits per heavy atom. The molecule has 39 heavy (non-hydrogen) atoms. The highest BCUT2D eigenvalue weighted by Crippen LogP contribution is 2.42. The van der Waals surface area contributed by atoms with Gasteiger partial charge in [0.05, 0.1) is 0 Å². The summed E-state index contributed by atoms with van der Waals surface area (Å²) < 4.78 is 5.50. The fraction of sp³-hybridized carbons (Fsp3) is 0.531. The molecule has 7 nitrogen and oxygen atoms in total. The van der Waals surface area contributed by atoms with Gasteiger partial charge in [-0.05, 0) is 75.1 Å². The largest absolute Gasteiger partial charge is 0.444 e. The molecule has 0 aromatic heterocycles. The maximum Gasteiger partial charge on any atom is 0.408 e. The summed E-state index contributed by atoms with van der Waals surface area (Å²) in [6.07, 6.45) is 0.842. The molecule has 0 saturated heterocycles. The molecule has 0 heterocycles. The smallest absolute Gasteiger partial charge is 0.408 e. The number of nitrogens with zero attached hydrogens (tertiary/aromatic N) is 1. The summed E-state index contributed by atoms with van der Waals surface area (Å²) in [4.78, 5) is 43.0. The Morgan fingerprint density at radius 3 is 2.26 bits per heavy atom. The van der Waals surface area contributed by atoms with E-state index in [1.807, 2.05) is 76.2 Å². The Balaban J connectivity index is 2.03. The van der Waals surface area contributed by atoms with Crippen molar-refractivity contribution in [2.75, 3.05) is 0 Å². The van der Waals surface area contributed by atoms with Gasteiger partial charge in [-0.2, -0.15) is 0 Å². The maximum atomic E-state index is 14.4. The monoisotopic (exact) mass is 535 g/mol. The molecule has 2 N–H and O–H groups in total. The SMILES string of the molecule is CCC(C)C(NC(=O)OC(C)(C)C)C(=O)N(C(C(=O)NCc1ccccc1)c1cccc(C)c1C)C1CC1C. The molecule has 0 aliphatic heterocycles. The van der Waals surface area contributed by atoms with E-state index >= 15 is 0 Å². The van der Waals surface area contributed by atoms with E-state index in [2.05, 4.69) is 17.6 Å². The van der Waals surface area contributed by atoms with E-state index < -0.39 is 23.8 Å². The van der Waals surface area contributed by atoms with Crippen molar-refractivity contribution < 1.29 is 19.1 Å². The zero-order valence-corrected chi connectivity index (χ0v) is 24.7. The first-order valence-corrected chi connectivity index (χ1v) is 14.0. The number of carbonyl (C=O) groups excluding carboxylic acids is 3. The lowest BCUT2D eigenvalue weighted by atomic mass is 9.92. The lowest BCUT2D eigenvalue weighted by Crippen LogP contribution is -2.56. The molecular formula is C32H45N3O4. The molecule has 5 atom stereocenters. The minimum Gasteiger partial charge on any atom is -0.444 e. The van der Waals surface area contributed by atoms with Gasteiger partial charge in [0.15, 0.2) is 0 Å². The fourth-order valence-corrected chi connectivity index (χ4v) is 4.82. The molecule has 1 fully saturated rings. The van der Waals surface area contributed by atoms with Gasteiger partial charge < -0.3 is 20.3 Å². The number of carbonyl (C=O) groups is 3. The summed E-state index contributed by atoms with van der Waals surface area (Å²) in [5.41, 5.74) is 3.11. The summed E-state index contributed by atoms with van der Waals surface area (Å²) in [5, 5.41) is 5.93. The lowest BCUT2D eigenvalue weighted by molar-refractivity contribution is -0.144. The Bertz CT molecular complexity index is 1160. The van der Waals surface area contributed by atoms with Crippen molar-refractivity contribution >= 4 is 17.9 Å². The lowest BCUT2D eigenvalue weighted by Gasteiger charge is -2.37. The van der Waals surface area contributed by atoms with Gasteiger partial charge in [-0.25, -0.2) is 4.79 Å². The minimum absolute atomic E-state index is 0.100. The predicted molar refractivity (Wildman–Crippen MR) is 154 cm³/mol. The maximum absolute atomic E-state index is 14.4. The molecule has 212 valence electrons. The number of nitrogens with one attached hydrogen (secondary N) is 2. The standard InChI is InChI=1S/C32H45N3O4/c1-9-20(2)27(34-31(38)39-32(6,7)8)30(37)35(26-18-22(26)4)28(25-17-13-14-21(3)23(25)5)29(36)33-19-24-15-11-10-12-16-24/h10-17,20,22,26-28H,9,18-19H2,1-8H3,(H,33,36)(H,34,38). The summed E-state index contributed by atoms with van der Waals surface area (Å²) in [5.74, 6) is -0.402. The van der Waals surface area contributed by atoms with Crippen LogP contribution in [0.25, 0.3) is 0 Å². The first-order valence-electron chi connectivity index (χ1n) is 14.0. The molecule has 0 spiro atoms. The van der Waals surface area contributed by atoms with Crippen molar-refractivity contribution in [3.63, 3.8) is 0 Å². The van der Waals surface area contributed by atoms with Crippen LogP contribution in [0.2, 0.25) is 0 Å². The summed E-state index contributed by atoms with van der Waals surface area (Å²) >= 11 is 0. The van der Waals surface area contributed by atoms with E-state index in [-0.39, 0.29) is 29.7 Å². The van der Waals surface area contributed by atoms with Crippen molar-refractivity contribution in [1.82, 2.24) is 15.5 Å². The molecule has 1 aliphatic carbocycles. The van der Waals surface area contributed by atoms with Crippen LogP contribution in [0.1, 0.15) is 82.7 Å². The van der Waals surface area contributed by atoms with Gasteiger partial charge in [-0.3, -0.25) is 9.59 Å². The van der Waals surface area contributed by atoms with Crippen LogP contribution in [0.3, 0.4) is 0 Å². The number of benzene rings is 2. The Hall–Kier alpha value is -3.35. The van der Waals surface area contributed by atoms with Crippen LogP contribution in [0.4, 0.5) is 4.79 Å². The van der Waals surface area contributed by atoms with Gasteiger partial charge in [0.1, 0.15) is 17.7 Å². The van der Waals surface area contributed by atoms with Crippen LogP contribution in [0.15, 0.2) is 48.5 Å². The van der Waals surface area contributed by atoms with E-state index in [1.165, 1.54) is 0 Å².